The summed E-state index contributed by atoms with van der Waals surface area (Å²) in [5.41, 5.74) is 2.66. The summed E-state index contributed by atoms with van der Waals surface area (Å²) in [6.07, 6.45) is 2.27. The first-order valence-corrected chi connectivity index (χ1v) is 14.4. The molecule has 0 fully saturated rings. The van der Waals surface area contributed by atoms with Crippen LogP contribution in [0.1, 0.15) is 36.8 Å². The van der Waals surface area contributed by atoms with E-state index in [2.05, 4.69) is 140 Å². The molecular weight excluding hydrogens is 480 g/mol. The Bertz CT molecular complexity index is 2220. The van der Waals surface area contributed by atoms with Gasteiger partial charge in [0, 0.05) is 5.92 Å². The molecule has 8 rings (SSSR count). The third kappa shape index (κ3) is 3.83. The van der Waals surface area contributed by atoms with Gasteiger partial charge in [0.1, 0.15) is 0 Å². The molecule has 0 bridgehead atoms. The van der Waals surface area contributed by atoms with Crippen LogP contribution in [0, 0.1) is 6.07 Å². The zero-order valence-electron chi connectivity index (χ0n) is 22.6. The van der Waals surface area contributed by atoms with Crippen molar-refractivity contribution in [2.24, 2.45) is 0 Å². The molecule has 8 aromatic rings. The summed E-state index contributed by atoms with van der Waals surface area (Å²) in [4.78, 5) is 0. The van der Waals surface area contributed by atoms with Crippen LogP contribution in [0.4, 0.5) is 0 Å². The maximum absolute atomic E-state index is 3.83. The van der Waals surface area contributed by atoms with Crippen molar-refractivity contribution in [3.05, 3.63) is 145 Å². The normalized spacial score (nSPS) is 12.7. The lowest BCUT2D eigenvalue weighted by Crippen LogP contribution is -2.01. The maximum atomic E-state index is 3.83. The molecule has 189 valence electrons. The average Bonchev–Trinajstić information content (AvgIpc) is 3.00. The molecule has 1 unspecified atom stereocenters. The van der Waals surface area contributed by atoms with E-state index >= 15 is 0 Å². The van der Waals surface area contributed by atoms with Gasteiger partial charge in [-0.05, 0) is 137 Å². The molecule has 0 saturated heterocycles. The van der Waals surface area contributed by atoms with Gasteiger partial charge in [-0.1, -0.05) is 92.2 Å². The van der Waals surface area contributed by atoms with Crippen LogP contribution in [0.2, 0.25) is 0 Å². The molecule has 40 heavy (non-hydrogen) atoms. The van der Waals surface area contributed by atoms with E-state index in [1.807, 2.05) is 0 Å². The lowest BCUT2D eigenvalue weighted by atomic mass is 9.86. The predicted octanol–water partition coefficient (Wildman–Crippen LogP) is 11.3. The van der Waals surface area contributed by atoms with E-state index in [0.717, 1.165) is 12.8 Å². The molecule has 0 spiro atoms. The number of benzene rings is 8. The topological polar surface area (TPSA) is 0 Å². The molecule has 1 atom stereocenters. The molecule has 0 heterocycles. The van der Waals surface area contributed by atoms with Crippen LogP contribution < -0.4 is 0 Å². The first-order chi connectivity index (χ1) is 19.7. The Kier molecular flexibility index (Phi) is 5.35. The number of fused-ring (bicyclic) bond motifs is 7. The van der Waals surface area contributed by atoms with E-state index < -0.39 is 0 Å². The van der Waals surface area contributed by atoms with E-state index in [9.17, 15) is 0 Å². The van der Waals surface area contributed by atoms with Crippen LogP contribution >= 0.6 is 0 Å². The molecule has 0 aliphatic rings. The molecule has 0 N–H and O–H groups in total. The van der Waals surface area contributed by atoms with Gasteiger partial charge in [0.05, 0.1) is 0 Å². The van der Waals surface area contributed by atoms with Crippen LogP contribution in [0.3, 0.4) is 0 Å². The SMILES string of the molecule is CCCC(c1[c]c2cc3cc4c(ccc5cc6cc7ccccc7cc6cc54)cc3cc2cc1)c1ccccc1. The minimum Gasteiger partial charge on any atom is -0.0653 e. The van der Waals surface area contributed by atoms with Crippen LogP contribution in [0.25, 0.3) is 64.6 Å². The average molecular weight is 510 g/mol. The van der Waals surface area contributed by atoms with Gasteiger partial charge in [0.2, 0.25) is 0 Å². The zero-order valence-corrected chi connectivity index (χ0v) is 22.6. The van der Waals surface area contributed by atoms with E-state index in [1.165, 1.54) is 75.8 Å². The van der Waals surface area contributed by atoms with Crippen molar-refractivity contribution in [2.75, 3.05) is 0 Å². The summed E-state index contributed by atoms with van der Waals surface area (Å²) < 4.78 is 0. The Hall–Kier alpha value is -4.68. The largest absolute Gasteiger partial charge is 0.0653 e. The molecule has 1 radical (unpaired) electrons. The highest BCUT2D eigenvalue weighted by molar-refractivity contribution is 6.17. The summed E-state index contributed by atoms with van der Waals surface area (Å²) in [6.45, 7) is 2.27. The van der Waals surface area contributed by atoms with Crippen molar-refractivity contribution in [1.29, 1.82) is 0 Å². The molecule has 8 aromatic carbocycles. The van der Waals surface area contributed by atoms with Gasteiger partial charge in [-0.2, -0.15) is 0 Å². The fourth-order valence-corrected chi connectivity index (χ4v) is 6.62. The van der Waals surface area contributed by atoms with Crippen molar-refractivity contribution in [1.82, 2.24) is 0 Å². The first-order valence-electron chi connectivity index (χ1n) is 14.4. The van der Waals surface area contributed by atoms with Crippen molar-refractivity contribution in [2.45, 2.75) is 25.7 Å². The van der Waals surface area contributed by atoms with Gasteiger partial charge in [-0.3, -0.25) is 0 Å². The lowest BCUT2D eigenvalue weighted by molar-refractivity contribution is 0.698. The highest BCUT2D eigenvalue weighted by Crippen LogP contribution is 2.36. The second-order valence-corrected chi connectivity index (χ2v) is 11.2. The van der Waals surface area contributed by atoms with Crippen molar-refractivity contribution in [3.8, 4) is 0 Å². The fourth-order valence-electron chi connectivity index (χ4n) is 6.62. The van der Waals surface area contributed by atoms with Gasteiger partial charge >= 0.3 is 0 Å². The van der Waals surface area contributed by atoms with E-state index in [4.69, 9.17) is 0 Å². The Morgan fingerprint density at radius 1 is 0.475 bits per heavy atom. The summed E-state index contributed by atoms with van der Waals surface area (Å²) in [6, 6.07) is 51.3. The number of hydrogen-bond donors (Lipinski definition) is 0. The Balaban J connectivity index is 1.32. The molecule has 0 nitrogen and oxygen atoms in total. The predicted molar refractivity (Wildman–Crippen MR) is 174 cm³/mol. The third-order valence-electron chi connectivity index (χ3n) is 8.66. The van der Waals surface area contributed by atoms with E-state index in [0.29, 0.717) is 5.92 Å². The molecule has 0 aliphatic heterocycles. The van der Waals surface area contributed by atoms with Crippen LogP contribution in [-0.4, -0.2) is 0 Å². The lowest BCUT2D eigenvalue weighted by Gasteiger charge is -2.18. The first kappa shape index (κ1) is 23.2. The maximum Gasteiger partial charge on any atom is 0.00956 e. The summed E-state index contributed by atoms with van der Waals surface area (Å²) in [7, 11) is 0. The number of rotatable bonds is 4. The van der Waals surface area contributed by atoms with E-state index in [-0.39, 0.29) is 0 Å². The second kappa shape index (κ2) is 9.21. The summed E-state index contributed by atoms with van der Waals surface area (Å²) >= 11 is 0. The Morgan fingerprint density at radius 2 is 1.00 bits per heavy atom. The van der Waals surface area contributed by atoms with Crippen LogP contribution in [0.5, 0.6) is 0 Å². The molecule has 0 amide bonds. The van der Waals surface area contributed by atoms with Crippen LogP contribution in [0.15, 0.2) is 127 Å². The summed E-state index contributed by atoms with van der Waals surface area (Å²) in [5.74, 6) is 0.371. The molecule has 0 heteroatoms. The summed E-state index contributed by atoms with van der Waals surface area (Å²) in [5, 5.41) is 15.3. The van der Waals surface area contributed by atoms with Gasteiger partial charge in [-0.15, -0.1) is 0 Å². The highest BCUT2D eigenvalue weighted by atomic mass is 14.2. The van der Waals surface area contributed by atoms with E-state index in [1.54, 1.807) is 0 Å². The van der Waals surface area contributed by atoms with Gasteiger partial charge in [-0.25, -0.2) is 0 Å². The Labute approximate surface area is 234 Å². The highest BCUT2D eigenvalue weighted by Gasteiger charge is 2.14. The van der Waals surface area contributed by atoms with Gasteiger partial charge in [0.25, 0.3) is 0 Å². The molecule has 0 aliphatic carbocycles. The molecular formula is C40H29. The number of hydrogen-bond acceptors (Lipinski definition) is 0. The zero-order chi connectivity index (χ0) is 26.6. The van der Waals surface area contributed by atoms with Crippen LogP contribution in [-0.2, 0) is 0 Å². The van der Waals surface area contributed by atoms with Crippen molar-refractivity contribution in [3.63, 3.8) is 0 Å². The van der Waals surface area contributed by atoms with Crippen molar-refractivity contribution >= 4 is 64.6 Å². The minimum absolute atomic E-state index is 0.371. The Morgan fingerprint density at radius 3 is 1.65 bits per heavy atom. The second-order valence-electron chi connectivity index (χ2n) is 11.2. The van der Waals surface area contributed by atoms with Gasteiger partial charge in [0.15, 0.2) is 0 Å². The quantitative estimate of drug-likeness (QED) is 0.163. The monoisotopic (exact) mass is 509 g/mol. The standard InChI is InChI=1S/C40H29/c1-2-8-38(26-9-4-3-5-10-26)30-14-13-29-19-35-22-32-16-15-31-21-34-17-27-11-6-7-12-28(27)18-36(34)24-39(31)40(32)25-37(35)23-33(29)20-30/h3-7,9-19,21-25,38H,2,8H2,1H3. The third-order valence-corrected chi connectivity index (χ3v) is 8.66. The minimum atomic E-state index is 0.371. The smallest absolute Gasteiger partial charge is 0.00956 e. The van der Waals surface area contributed by atoms with Gasteiger partial charge < -0.3 is 0 Å². The van der Waals surface area contributed by atoms with Crippen molar-refractivity contribution < 1.29 is 0 Å². The fraction of sp³-hybridized carbons (Fsp3) is 0.100. The molecule has 0 saturated carbocycles. The molecule has 0 aromatic heterocycles.